The van der Waals surface area contributed by atoms with Crippen LogP contribution in [0.2, 0.25) is 5.02 Å². The number of benzene rings is 2. The average molecular weight is 359 g/mol. The van der Waals surface area contributed by atoms with E-state index in [1.54, 1.807) is 17.4 Å². The average Bonchev–Trinajstić information content (AvgIpc) is 2.85. The van der Waals surface area contributed by atoms with E-state index in [9.17, 15) is 4.79 Å². The Balaban J connectivity index is 1.85. The van der Waals surface area contributed by atoms with Crippen LogP contribution in [0.4, 0.5) is 5.69 Å². The second kappa shape index (κ2) is 6.19. The van der Waals surface area contributed by atoms with Gasteiger partial charge in [-0.05, 0) is 48.2 Å². The van der Waals surface area contributed by atoms with Crippen molar-refractivity contribution in [3.8, 4) is 0 Å². The third kappa shape index (κ3) is 3.45. The second-order valence-electron chi connectivity index (χ2n) is 6.81. The molecule has 0 fully saturated rings. The van der Waals surface area contributed by atoms with Crippen molar-refractivity contribution in [1.82, 2.24) is 4.98 Å². The number of amides is 1. The van der Waals surface area contributed by atoms with Gasteiger partial charge < -0.3 is 5.32 Å². The number of aryl methyl sites for hydroxylation is 1. The van der Waals surface area contributed by atoms with Crippen LogP contribution in [0.25, 0.3) is 10.2 Å². The van der Waals surface area contributed by atoms with Crippen LogP contribution in [0.1, 0.15) is 41.7 Å². The maximum atomic E-state index is 12.5. The van der Waals surface area contributed by atoms with Crippen molar-refractivity contribution in [1.29, 1.82) is 0 Å². The molecule has 1 amide bonds. The first-order valence-electron chi connectivity index (χ1n) is 7.72. The fourth-order valence-corrected chi connectivity index (χ4v) is 3.56. The number of thiazole rings is 1. The van der Waals surface area contributed by atoms with Gasteiger partial charge in [-0.3, -0.25) is 4.79 Å². The van der Waals surface area contributed by atoms with Gasteiger partial charge >= 0.3 is 0 Å². The first kappa shape index (κ1) is 16.9. The third-order valence-electron chi connectivity index (χ3n) is 3.83. The van der Waals surface area contributed by atoms with Gasteiger partial charge in [0.2, 0.25) is 0 Å². The predicted molar refractivity (Wildman–Crippen MR) is 102 cm³/mol. The van der Waals surface area contributed by atoms with E-state index in [-0.39, 0.29) is 11.3 Å². The number of hydrogen-bond acceptors (Lipinski definition) is 3. The molecule has 5 heteroatoms. The Morgan fingerprint density at radius 1 is 1.17 bits per heavy atom. The van der Waals surface area contributed by atoms with E-state index in [0.717, 1.165) is 20.8 Å². The molecule has 3 nitrogen and oxygen atoms in total. The molecule has 0 atom stereocenters. The van der Waals surface area contributed by atoms with E-state index in [2.05, 4.69) is 31.1 Å². The van der Waals surface area contributed by atoms with Gasteiger partial charge in [0.1, 0.15) is 0 Å². The van der Waals surface area contributed by atoms with Crippen LogP contribution >= 0.6 is 22.9 Å². The molecule has 1 N–H and O–H groups in total. The Morgan fingerprint density at radius 2 is 1.92 bits per heavy atom. The smallest absolute Gasteiger partial charge is 0.257 e. The van der Waals surface area contributed by atoms with Crippen LogP contribution in [0.5, 0.6) is 0 Å². The Morgan fingerprint density at radius 3 is 2.58 bits per heavy atom. The monoisotopic (exact) mass is 358 g/mol. The number of aromatic nitrogens is 1. The summed E-state index contributed by atoms with van der Waals surface area (Å²) in [7, 11) is 0. The van der Waals surface area contributed by atoms with E-state index < -0.39 is 0 Å². The summed E-state index contributed by atoms with van der Waals surface area (Å²) in [5, 5.41) is 4.37. The highest BCUT2D eigenvalue weighted by Crippen LogP contribution is 2.28. The number of nitrogens with one attached hydrogen (secondary N) is 1. The number of halogens is 1. The van der Waals surface area contributed by atoms with Crippen molar-refractivity contribution in [2.24, 2.45) is 0 Å². The molecule has 1 heterocycles. The molecule has 1 aromatic heterocycles. The van der Waals surface area contributed by atoms with Crippen molar-refractivity contribution in [3.05, 3.63) is 57.6 Å². The highest BCUT2D eigenvalue weighted by atomic mass is 35.5. The number of fused-ring (bicyclic) bond motifs is 1. The van der Waals surface area contributed by atoms with E-state index in [1.807, 2.05) is 37.3 Å². The SMILES string of the molecule is Cc1nc2cc(NC(=O)c3ccc(C(C)(C)C)cc3Cl)ccc2s1. The van der Waals surface area contributed by atoms with Gasteiger partial charge in [-0.2, -0.15) is 0 Å². The fraction of sp³-hybridized carbons (Fsp3) is 0.263. The Hall–Kier alpha value is -1.91. The van der Waals surface area contributed by atoms with Gasteiger partial charge in [0.05, 0.1) is 25.8 Å². The molecule has 0 saturated carbocycles. The molecule has 0 saturated heterocycles. The van der Waals surface area contributed by atoms with Crippen molar-refractivity contribution in [2.45, 2.75) is 33.1 Å². The molecule has 0 aliphatic rings. The predicted octanol–water partition coefficient (Wildman–Crippen LogP) is 5.81. The van der Waals surface area contributed by atoms with E-state index in [4.69, 9.17) is 11.6 Å². The van der Waals surface area contributed by atoms with Gasteiger partial charge in [0, 0.05) is 5.69 Å². The van der Waals surface area contributed by atoms with Crippen molar-refractivity contribution in [2.75, 3.05) is 5.32 Å². The molecule has 0 aliphatic heterocycles. The minimum atomic E-state index is -0.216. The maximum absolute atomic E-state index is 12.5. The molecule has 3 aromatic rings. The summed E-state index contributed by atoms with van der Waals surface area (Å²) in [6, 6.07) is 11.3. The maximum Gasteiger partial charge on any atom is 0.257 e. The third-order valence-corrected chi connectivity index (χ3v) is 5.10. The number of rotatable bonds is 2. The normalized spacial score (nSPS) is 11.7. The zero-order valence-electron chi connectivity index (χ0n) is 14.1. The summed E-state index contributed by atoms with van der Waals surface area (Å²) >= 11 is 7.96. The minimum absolute atomic E-state index is 0.00778. The molecule has 0 spiro atoms. The lowest BCUT2D eigenvalue weighted by Gasteiger charge is -2.20. The lowest BCUT2D eigenvalue weighted by molar-refractivity contribution is 0.102. The molecule has 2 aromatic carbocycles. The standard InChI is InChI=1S/C19H19ClN2OS/c1-11-21-16-10-13(6-8-17(16)24-11)22-18(23)14-7-5-12(9-15(14)20)19(2,3)4/h5-10H,1-4H3,(H,22,23). The number of carbonyl (C=O) groups is 1. The quantitative estimate of drug-likeness (QED) is 0.628. The topological polar surface area (TPSA) is 42.0 Å². The van der Waals surface area contributed by atoms with E-state index in [1.165, 1.54) is 0 Å². The molecule has 24 heavy (non-hydrogen) atoms. The lowest BCUT2D eigenvalue weighted by Crippen LogP contribution is -2.15. The van der Waals surface area contributed by atoms with Crippen LogP contribution in [0.15, 0.2) is 36.4 Å². The van der Waals surface area contributed by atoms with Crippen LogP contribution in [0, 0.1) is 6.92 Å². The Bertz CT molecular complexity index is 925. The van der Waals surface area contributed by atoms with Crippen LogP contribution in [0.3, 0.4) is 0 Å². The summed E-state index contributed by atoms with van der Waals surface area (Å²) < 4.78 is 1.11. The molecule has 124 valence electrons. The molecule has 0 unspecified atom stereocenters. The summed E-state index contributed by atoms with van der Waals surface area (Å²) in [6.45, 7) is 8.32. The number of nitrogens with zero attached hydrogens (tertiary/aromatic N) is 1. The summed E-state index contributed by atoms with van der Waals surface area (Å²) in [5.74, 6) is -0.216. The Labute approximate surface area is 150 Å². The van der Waals surface area contributed by atoms with Gasteiger partial charge in [-0.25, -0.2) is 4.98 Å². The van der Waals surface area contributed by atoms with E-state index >= 15 is 0 Å². The van der Waals surface area contributed by atoms with Crippen LogP contribution in [-0.4, -0.2) is 10.9 Å². The summed E-state index contributed by atoms with van der Waals surface area (Å²) in [6.07, 6.45) is 0. The first-order valence-corrected chi connectivity index (χ1v) is 8.92. The highest BCUT2D eigenvalue weighted by Gasteiger charge is 2.17. The second-order valence-corrected chi connectivity index (χ2v) is 8.46. The lowest BCUT2D eigenvalue weighted by atomic mass is 9.86. The van der Waals surface area contributed by atoms with Crippen LogP contribution in [-0.2, 0) is 5.41 Å². The van der Waals surface area contributed by atoms with Gasteiger partial charge in [0.15, 0.2) is 0 Å². The zero-order chi connectivity index (χ0) is 17.5. The molecule has 0 radical (unpaired) electrons. The van der Waals surface area contributed by atoms with E-state index in [0.29, 0.717) is 16.3 Å². The molecular weight excluding hydrogens is 340 g/mol. The zero-order valence-corrected chi connectivity index (χ0v) is 15.7. The first-order chi connectivity index (χ1) is 11.2. The fourth-order valence-electron chi connectivity index (χ4n) is 2.48. The number of anilines is 1. The van der Waals surface area contributed by atoms with Crippen molar-refractivity contribution >= 4 is 44.7 Å². The molecule has 3 rings (SSSR count). The van der Waals surface area contributed by atoms with Crippen molar-refractivity contribution < 1.29 is 4.79 Å². The largest absolute Gasteiger partial charge is 0.322 e. The highest BCUT2D eigenvalue weighted by molar-refractivity contribution is 7.18. The summed E-state index contributed by atoms with van der Waals surface area (Å²) in [4.78, 5) is 17.0. The molecule has 0 bridgehead atoms. The Kier molecular flexibility index (Phi) is 4.37. The number of carbonyl (C=O) groups excluding carboxylic acids is 1. The number of hydrogen-bond donors (Lipinski definition) is 1. The molecular formula is C19H19ClN2OS. The summed E-state index contributed by atoms with van der Waals surface area (Å²) in [5.41, 5.74) is 3.17. The van der Waals surface area contributed by atoms with Crippen LogP contribution < -0.4 is 5.32 Å². The minimum Gasteiger partial charge on any atom is -0.322 e. The van der Waals surface area contributed by atoms with Crippen molar-refractivity contribution in [3.63, 3.8) is 0 Å². The van der Waals surface area contributed by atoms with Gasteiger partial charge in [-0.15, -0.1) is 11.3 Å². The van der Waals surface area contributed by atoms with Gasteiger partial charge in [0.25, 0.3) is 5.91 Å². The van der Waals surface area contributed by atoms with Gasteiger partial charge in [-0.1, -0.05) is 38.4 Å². The molecule has 0 aliphatic carbocycles.